The lowest BCUT2D eigenvalue weighted by Crippen LogP contribution is -2.36. The Morgan fingerprint density at radius 1 is 1.47 bits per heavy atom. The highest BCUT2D eigenvalue weighted by Gasteiger charge is 2.13. The van der Waals surface area contributed by atoms with E-state index in [9.17, 15) is 9.59 Å². The highest BCUT2D eigenvalue weighted by atomic mass is 16.5. The molecule has 102 valence electrons. The first kappa shape index (κ1) is 14.8. The minimum absolute atomic E-state index is 0.186. The zero-order valence-electron chi connectivity index (χ0n) is 10.9. The number of benzene rings is 1. The van der Waals surface area contributed by atoms with Crippen LogP contribution in [0.25, 0.3) is 6.08 Å². The van der Waals surface area contributed by atoms with Crippen LogP contribution in [-0.4, -0.2) is 29.6 Å². The van der Waals surface area contributed by atoms with Crippen molar-refractivity contribution in [1.82, 2.24) is 5.32 Å². The number of ether oxygens (including phenoxy) is 1. The molecule has 2 N–H and O–H groups in total. The van der Waals surface area contributed by atoms with Gasteiger partial charge in [-0.25, -0.2) is 4.79 Å². The first-order chi connectivity index (χ1) is 9.02. The maximum Gasteiger partial charge on any atom is 0.328 e. The van der Waals surface area contributed by atoms with E-state index < -0.39 is 12.1 Å². The fourth-order valence-electron chi connectivity index (χ4n) is 1.43. The molecule has 1 aromatic rings. The van der Waals surface area contributed by atoms with E-state index in [0.717, 1.165) is 6.08 Å². The summed E-state index contributed by atoms with van der Waals surface area (Å²) in [4.78, 5) is 21.9. The van der Waals surface area contributed by atoms with E-state index in [1.54, 1.807) is 31.2 Å². The highest BCUT2D eigenvalue weighted by Crippen LogP contribution is 2.16. The van der Waals surface area contributed by atoms with Crippen LogP contribution in [0.3, 0.4) is 0 Å². The monoisotopic (exact) mass is 263 g/mol. The fourth-order valence-corrected chi connectivity index (χ4v) is 1.43. The molecule has 0 aromatic heterocycles. The summed E-state index contributed by atoms with van der Waals surface area (Å²) >= 11 is 0. The molecule has 1 atom stereocenters. The molecule has 1 rings (SSSR count). The largest absolute Gasteiger partial charge is 0.481 e. The highest BCUT2D eigenvalue weighted by molar-refractivity contribution is 5.85. The summed E-state index contributed by atoms with van der Waals surface area (Å²) in [7, 11) is 0. The molecule has 0 aliphatic rings. The Morgan fingerprint density at radius 3 is 2.84 bits per heavy atom. The second kappa shape index (κ2) is 7.20. The Labute approximate surface area is 111 Å². The molecular weight excluding hydrogens is 246 g/mol. The van der Waals surface area contributed by atoms with Gasteiger partial charge in [-0.3, -0.25) is 4.79 Å². The first-order valence-electron chi connectivity index (χ1n) is 5.98. The lowest BCUT2D eigenvalue weighted by atomic mass is 10.2. The van der Waals surface area contributed by atoms with Crippen LogP contribution in [0, 0.1) is 0 Å². The molecule has 1 unspecified atom stereocenters. The summed E-state index contributed by atoms with van der Waals surface area (Å²) in [5.41, 5.74) is 0.697. The van der Waals surface area contributed by atoms with E-state index in [1.165, 1.54) is 6.08 Å². The van der Waals surface area contributed by atoms with Crippen molar-refractivity contribution < 1.29 is 19.4 Å². The van der Waals surface area contributed by atoms with Crippen molar-refractivity contribution in [1.29, 1.82) is 0 Å². The SMILES string of the molecule is CCNC(=O)C(C)Oc1cccc(/C=C/C(=O)O)c1. The van der Waals surface area contributed by atoms with Crippen molar-refractivity contribution in [2.45, 2.75) is 20.0 Å². The predicted molar refractivity (Wildman–Crippen MR) is 71.9 cm³/mol. The van der Waals surface area contributed by atoms with Crippen LogP contribution in [-0.2, 0) is 9.59 Å². The fraction of sp³-hybridized carbons (Fsp3) is 0.286. The van der Waals surface area contributed by atoms with Gasteiger partial charge in [0.25, 0.3) is 5.91 Å². The van der Waals surface area contributed by atoms with Gasteiger partial charge >= 0.3 is 5.97 Å². The number of carboxylic acid groups (broad SMARTS) is 1. The Balaban J connectivity index is 2.71. The molecule has 0 spiro atoms. The van der Waals surface area contributed by atoms with Crippen molar-refractivity contribution in [3.8, 4) is 5.75 Å². The second-order valence-electron chi connectivity index (χ2n) is 3.90. The molecule has 1 amide bonds. The van der Waals surface area contributed by atoms with Crippen molar-refractivity contribution >= 4 is 18.0 Å². The van der Waals surface area contributed by atoms with Gasteiger partial charge in [0.2, 0.25) is 0 Å². The van der Waals surface area contributed by atoms with Crippen molar-refractivity contribution in [3.05, 3.63) is 35.9 Å². The zero-order valence-corrected chi connectivity index (χ0v) is 10.9. The number of hydrogen-bond acceptors (Lipinski definition) is 3. The van der Waals surface area contributed by atoms with Crippen LogP contribution in [0.1, 0.15) is 19.4 Å². The maximum atomic E-state index is 11.5. The molecule has 0 bridgehead atoms. The standard InChI is InChI=1S/C14H17NO4/c1-3-15-14(18)10(2)19-12-6-4-5-11(9-12)7-8-13(16)17/h4-10H,3H2,1-2H3,(H,15,18)(H,16,17)/b8-7+. The zero-order chi connectivity index (χ0) is 14.3. The van der Waals surface area contributed by atoms with Crippen LogP contribution in [0.4, 0.5) is 0 Å². The van der Waals surface area contributed by atoms with Gasteiger partial charge < -0.3 is 15.2 Å². The van der Waals surface area contributed by atoms with Gasteiger partial charge in [-0.15, -0.1) is 0 Å². The summed E-state index contributed by atoms with van der Waals surface area (Å²) in [5.74, 6) is -0.678. The smallest absolute Gasteiger partial charge is 0.328 e. The third kappa shape index (κ3) is 5.25. The van der Waals surface area contributed by atoms with Crippen molar-refractivity contribution in [2.24, 2.45) is 0 Å². The number of likely N-dealkylation sites (N-methyl/N-ethyl adjacent to an activating group) is 1. The van der Waals surface area contributed by atoms with Crippen LogP contribution < -0.4 is 10.1 Å². The summed E-state index contributed by atoms with van der Waals surface area (Å²) < 4.78 is 5.48. The van der Waals surface area contributed by atoms with Crippen LogP contribution in [0.2, 0.25) is 0 Å². The third-order valence-electron chi connectivity index (χ3n) is 2.31. The van der Waals surface area contributed by atoms with E-state index in [-0.39, 0.29) is 5.91 Å². The molecule has 5 nitrogen and oxygen atoms in total. The average molecular weight is 263 g/mol. The second-order valence-corrected chi connectivity index (χ2v) is 3.90. The number of hydrogen-bond donors (Lipinski definition) is 2. The number of rotatable bonds is 6. The summed E-state index contributed by atoms with van der Waals surface area (Å²) in [6.45, 7) is 4.04. The van der Waals surface area contributed by atoms with E-state index in [1.807, 2.05) is 6.92 Å². The quantitative estimate of drug-likeness (QED) is 0.766. The Bertz CT molecular complexity index is 482. The van der Waals surface area contributed by atoms with E-state index in [4.69, 9.17) is 9.84 Å². The van der Waals surface area contributed by atoms with Crippen LogP contribution >= 0.6 is 0 Å². The molecule has 5 heteroatoms. The number of carbonyl (C=O) groups excluding carboxylic acids is 1. The van der Waals surface area contributed by atoms with Gasteiger partial charge in [-0.1, -0.05) is 12.1 Å². The Hall–Kier alpha value is -2.30. The average Bonchev–Trinajstić information content (AvgIpc) is 2.37. The topological polar surface area (TPSA) is 75.6 Å². The normalized spacial score (nSPS) is 12.1. The molecule has 0 aliphatic carbocycles. The van der Waals surface area contributed by atoms with Crippen molar-refractivity contribution in [3.63, 3.8) is 0 Å². The third-order valence-corrected chi connectivity index (χ3v) is 2.31. The van der Waals surface area contributed by atoms with Gasteiger partial charge in [0.1, 0.15) is 5.75 Å². The van der Waals surface area contributed by atoms with Gasteiger partial charge in [0.15, 0.2) is 6.10 Å². The van der Waals surface area contributed by atoms with Crippen molar-refractivity contribution in [2.75, 3.05) is 6.54 Å². The molecule has 0 heterocycles. The molecule has 0 aliphatic heterocycles. The van der Waals surface area contributed by atoms with Gasteiger partial charge in [0.05, 0.1) is 0 Å². The lowest BCUT2D eigenvalue weighted by molar-refractivity contribution is -0.131. The molecule has 0 saturated carbocycles. The maximum absolute atomic E-state index is 11.5. The number of carbonyl (C=O) groups is 2. The van der Waals surface area contributed by atoms with E-state index in [0.29, 0.717) is 17.9 Å². The van der Waals surface area contributed by atoms with Gasteiger partial charge in [-0.2, -0.15) is 0 Å². The Kier molecular flexibility index (Phi) is 5.60. The number of carboxylic acids is 1. The lowest BCUT2D eigenvalue weighted by Gasteiger charge is -2.14. The van der Waals surface area contributed by atoms with E-state index >= 15 is 0 Å². The minimum atomic E-state index is -1.01. The molecular formula is C14H17NO4. The van der Waals surface area contributed by atoms with Gasteiger partial charge in [-0.05, 0) is 37.6 Å². The summed E-state index contributed by atoms with van der Waals surface area (Å²) in [6, 6.07) is 6.88. The van der Waals surface area contributed by atoms with Gasteiger partial charge in [0, 0.05) is 12.6 Å². The summed E-state index contributed by atoms with van der Waals surface area (Å²) in [6.07, 6.45) is 1.91. The predicted octanol–water partition coefficient (Wildman–Crippen LogP) is 1.69. The molecule has 0 saturated heterocycles. The number of nitrogens with one attached hydrogen (secondary N) is 1. The van der Waals surface area contributed by atoms with E-state index in [2.05, 4.69) is 5.32 Å². The summed E-state index contributed by atoms with van der Waals surface area (Å²) in [5, 5.41) is 11.2. The molecule has 19 heavy (non-hydrogen) atoms. The number of aliphatic carboxylic acids is 1. The Morgan fingerprint density at radius 2 is 2.21 bits per heavy atom. The molecule has 1 aromatic carbocycles. The minimum Gasteiger partial charge on any atom is -0.481 e. The first-order valence-corrected chi connectivity index (χ1v) is 5.98. The van der Waals surface area contributed by atoms with Crippen LogP contribution in [0.5, 0.6) is 5.75 Å². The van der Waals surface area contributed by atoms with Crippen LogP contribution in [0.15, 0.2) is 30.3 Å². The molecule has 0 fully saturated rings. The number of amides is 1. The molecule has 0 radical (unpaired) electrons.